The Morgan fingerprint density at radius 1 is 1.47 bits per heavy atom. The zero-order valence-corrected chi connectivity index (χ0v) is 9.52. The van der Waals surface area contributed by atoms with Gasteiger partial charge in [0, 0.05) is 0 Å². The van der Waals surface area contributed by atoms with E-state index in [1.54, 1.807) is 13.8 Å². The smallest absolute Gasteiger partial charge is 0.242 e. The number of carbonyl (C=O) groups is 2. The number of hydrogen-bond donors (Lipinski definition) is 3. The Balaban J connectivity index is 2.66. The molecule has 4 N–H and O–H groups in total. The fourth-order valence-corrected chi connectivity index (χ4v) is 1.57. The quantitative estimate of drug-likeness (QED) is 0.591. The van der Waals surface area contributed by atoms with Gasteiger partial charge in [0.05, 0.1) is 5.54 Å². The predicted molar refractivity (Wildman–Crippen MR) is 57.1 cm³/mol. The van der Waals surface area contributed by atoms with E-state index in [4.69, 9.17) is 5.73 Å². The topological polar surface area (TPSA) is 84.2 Å². The highest BCUT2D eigenvalue weighted by atomic mass is 16.2. The van der Waals surface area contributed by atoms with Crippen LogP contribution < -0.4 is 16.4 Å². The summed E-state index contributed by atoms with van der Waals surface area (Å²) in [5.74, 6) is -0.693. The van der Waals surface area contributed by atoms with Crippen LogP contribution >= 0.6 is 0 Å². The van der Waals surface area contributed by atoms with E-state index in [9.17, 15) is 9.59 Å². The molecule has 0 spiro atoms. The molecule has 2 amide bonds. The Morgan fingerprint density at radius 2 is 2.07 bits per heavy atom. The number of nitrogens with two attached hydrogens (primary N) is 1. The van der Waals surface area contributed by atoms with Crippen molar-refractivity contribution in [3.05, 3.63) is 0 Å². The van der Waals surface area contributed by atoms with Crippen molar-refractivity contribution in [2.24, 2.45) is 5.73 Å². The molecule has 0 aliphatic carbocycles. The van der Waals surface area contributed by atoms with Crippen LogP contribution in [0.15, 0.2) is 0 Å². The number of primary amides is 1. The Morgan fingerprint density at radius 3 is 2.47 bits per heavy atom. The van der Waals surface area contributed by atoms with E-state index in [2.05, 4.69) is 10.6 Å². The van der Waals surface area contributed by atoms with Gasteiger partial charge in [-0.15, -0.1) is 0 Å². The van der Waals surface area contributed by atoms with Gasteiger partial charge in [0.25, 0.3) is 0 Å². The molecule has 0 aromatic rings. The average molecular weight is 213 g/mol. The second-order valence-electron chi connectivity index (χ2n) is 4.81. The molecule has 1 unspecified atom stereocenters. The van der Waals surface area contributed by atoms with Crippen molar-refractivity contribution in [2.45, 2.75) is 44.7 Å². The summed E-state index contributed by atoms with van der Waals surface area (Å²) >= 11 is 0. The molecule has 0 radical (unpaired) electrons. The van der Waals surface area contributed by atoms with Crippen molar-refractivity contribution in [2.75, 3.05) is 6.54 Å². The molecule has 0 aromatic heterocycles. The SMILES string of the molecule is CC(C)(NC(=O)C1(C)CCCN1)C(N)=O. The minimum atomic E-state index is -0.996. The summed E-state index contributed by atoms with van der Waals surface area (Å²) < 4.78 is 0. The molecule has 1 atom stereocenters. The number of amides is 2. The third-order valence-electron chi connectivity index (χ3n) is 2.91. The molecule has 86 valence electrons. The third kappa shape index (κ3) is 2.47. The highest BCUT2D eigenvalue weighted by molar-refractivity contribution is 5.93. The summed E-state index contributed by atoms with van der Waals surface area (Å²) in [6, 6.07) is 0. The largest absolute Gasteiger partial charge is 0.368 e. The summed E-state index contributed by atoms with van der Waals surface area (Å²) in [5.41, 5.74) is 3.63. The van der Waals surface area contributed by atoms with Crippen LogP contribution in [0.3, 0.4) is 0 Å². The predicted octanol–water partition coefficient (Wildman–Crippen LogP) is -0.491. The van der Waals surface area contributed by atoms with Crippen LogP contribution in [0.4, 0.5) is 0 Å². The van der Waals surface area contributed by atoms with E-state index in [0.717, 1.165) is 19.4 Å². The molecule has 1 saturated heterocycles. The van der Waals surface area contributed by atoms with Gasteiger partial charge in [-0.1, -0.05) is 0 Å². The van der Waals surface area contributed by atoms with Crippen molar-refractivity contribution in [1.29, 1.82) is 0 Å². The van der Waals surface area contributed by atoms with Crippen molar-refractivity contribution in [3.63, 3.8) is 0 Å². The molecule has 1 aliphatic rings. The first kappa shape index (κ1) is 12.0. The van der Waals surface area contributed by atoms with Gasteiger partial charge in [-0.3, -0.25) is 9.59 Å². The molecular formula is C10H19N3O2. The zero-order valence-electron chi connectivity index (χ0n) is 9.52. The Kier molecular flexibility index (Phi) is 3.04. The van der Waals surface area contributed by atoms with E-state index in [0.29, 0.717) is 0 Å². The first-order valence-corrected chi connectivity index (χ1v) is 5.15. The van der Waals surface area contributed by atoms with Crippen molar-refractivity contribution in [3.8, 4) is 0 Å². The average Bonchev–Trinajstić information content (AvgIpc) is 2.52. The Hall–Kier alpha value is -1.10. The van der Waals surface area contributed by atoms with E-state index >= 15 is 0 Å². The fourth-order valence-electron chi connectivity index (χ4n) is 1.57. The molecule has 5 heteroatoms. The first-order chi connectivity index (χ1) is 6.78. The molecule has 0 aromatic carbocycles. The van der Waals surface area contributed by atoms with E-state index < -0.39 is 17.0 Å². The molecule has 1 rings (SSSR count). The Labute approximate surface area is 89.8 Å². The summed E-state index contributed by atoms with van der Waals surface area (Å²) in [4.78, 5) is 23.0. The van der Waals surface area contributed by atoms with Gasteiger partial charge in [0.2, 0.25) is 11.8 Å². The maximum atomic E-state index is 11.9. The highest BCUT2D eigenvalue weighted by Crippen LogP contribution is 2.19. The molecule has 5 nitrogen and oxygen atoms in total. The second kappa shape index (κ2) is 3.81. The van der Waals surface area contributed by atoms with Crippen molar-refractivity contribution in [1.82, 2.24) is 10.6 Å². The van der Waals surface area contributed by atoms with Gasteiger partial charge in [-0.05, 0) is 40.2 Å². The number of hydrogen-bond acceptors (Lipinski definition) is 3. The minimum absolute atomic E-state index is 0.163. The van der Waals surface area contributed by atoms with Crippen LogP contribution in [-0.4, -0.2) is 29.4 Å². The lowest BCUT2D eigenvalue weighted by atomic mass is 9.96. The zero-order chi connectivity index (χ0) is 11.7. The maximum absolute atomic E-state index is 11.9. The lowest BCUT2D eigenvalue weighted by Gasteiger charge is -2.29. The molecular weight excluding hydrogens is 194 g/mol. The van der Waals surface area contributed by atoms with Crippen molar-refractivity contribution >= 4 is 11.8 Å². The second-order valence-corrected chi connectivity index (χ2v) is 4.81. The normalized spacial score (nSPS) is 26.3. The van der Waals surface area contributed by atoms with Gasteiger partial charge >= 0.3 is 0 Å². The maximum Gasteiger partial charge on any atom is 0.242 e. The van der Waals surface area contributed by atoms with Crippen LogP contribution in [-0.2, 0) is 9.59 Å². The number of rotatable bonds is 3. The van der Waals surface area contributed by atoms with Gasteiger partial charge in [0.15, 0.2) is 0 Å². The number of nitrogens with one attached hydrogen (secondary N) is 2. The lowest BCUT2D eigenvalue weighted by molar-refractivity contribution is -0.133. The van der Waals surface area contributed by atoms with Crippen LogP contribution in [0.5, 0.6) is 0 Å². The monoisotopic (exact) mass is 213 g/mol. The molecule has 1 aliphatic heterocycles. The molecule has 0 bridgehead atoms. The van der Waals surface area contributed by atoms with Crippen LogP contribution in [0.1, 0.15) is 33.6 Å². The van der Waals surface area contributed by atoms with Crippen molar-refractivity contribution < 1.29 is 9.59 Å². The fraction of sp³-hybridized carbons (Fsp3) is 0.800. The van der Waals surface area contributed by atoms with Crippen LogP contribution in [0, 0.1) is 0 Å². The van der Waals surface area contributed by atoms with Gasteiger partial charge < -0.3 is 16.4 Å². The summed E-state index contributed by atoms with van der Waals surface area (Å²) in [6.07, 6.45) is 1.76. The van der Waals surface area contributed by atoms with Gasteiger partial charge in [-0.25, -0.2) is 0 Å². The highest BCUT2D eigenvalue weighted by Gasteiger charge is 2.39. The number of carbonyl (C=O) groups excluding carboxylic acids is 2. The molecule has 0 saturated carbocycles. The molecule has 1 heterocycles. The Bertz CT molecular complexity index is 280. The summed E-state index contributed by atoms with van der Waals surface area (Å²) in [7, 11) is 0. The summed E-state index contributed by atoms with van der Waals surface area (Å²) in [5, 5.41) is 5.79. The summed E-state index contributed by atoms with van der Waals surface area (Å²) in [6.45, 7) is 5.88. The van der Waals surface area contributed by atoms with E-state index in [1.807, 2.05) is 6.92 Å². The lowest BCUT2D eigenvalue weighted by Crippen LogP contribution is -2.60. The molecule has 15 heavy (non-hydrogen) atoms. The van der Waals surface area contributed by atoms with E-state index in [-0.39, 0.29) is 5.91 Å². The van der Waals surface area contributed by atoms with Crippen LogP contribution in [0.25, 0.3) is 0 Å². The standard InChI is InChI=1S/C10H19N3O2/c1-9(2,7(11)14)13-8(15)10(3)5-4-6-12-10/h12H,4-6H2,1-3H3,(H2,11,14)(H,13,15). The van der Waals surface area contributed by atoms with E-state index in [1.165, 1.54) is 0 Å². The third-order valence-corrected chi connectivity index (χ3v) is 2.91. The van der Waals surface area contributed by atoms with Gasteiger partial charge in [-0.2, -0.15) is 0 Å². The van der Waals surface area contributed by atoms with Gasteiger partial charge in [0.1, 0.15) is 5.54 Å². The first-order valence-electron chi connectivity index (χ1n) is 5.15. The molecule has 1 fully saturated rings. The minimum Gasteiger partial charge on any atom is -0.368 e. The van der Waals surface area contributed by atoms with Crippen LogP contribution in [0.2, 0.25) is 0 Å².